The molecule has 0 aliphatic heterocycles. The number of amides is 1. The van der Waals surface area contributed by atoms with Gasteiger partial charge >= 0.3 is 5.97 Å². The second-order valence-electron chi connectivity index (χ2n) is 7.47. The van der Waals surface area contributed by atoms with Crippen molar-refractivity contribution >= 4 is 51.3 Å². The zero-order valence-electron chi connectivity index (χ0n) is 19.2. The molecule has 0 aliphatic rings. The lowest BCUT2D eigenvalue weighted by Gasteiger charge is -2.08. The number of aryl methyl sites for hydroxylation is 2. The summed E-state index contributed by atoms with van der Waals surface area (Å²) in [5.41, 5.74) is 3.68. The highest BCUT2D eigenvalue weighted by molar-refractivity contribution is 7.99. The van der Waals surface area contributed by atoms with Gasteiger partial charge in [0.1, 0.15) is 5.00 Å². The first-order chi connectivity index (χ1) is 16.4. The molecule has 10 heteroatoms. The quantitative estimate of drug-likeness (QED) is 0.237. The Labute approximate surface area is 210 Å². The van der Waals surface area contributed by atoms with Crippen LogP contribution >= 0.6 is 34.4 Å². The van der Waals surface area contributed by atoms with Crippen LogP contribution < -0.4 is 5.32 Å². The molecular weight excluding hydrogens is 488 g/mol. The largest absolute Gasteiger partial charge is 0.462 e. The molecule has 0 fully saturated rings. The van der Waals surface area contributed by atoms with E-state index in [1.807, 2.05) is 36.7 Å². The van der Waals surface area contributed by atoms with Gasteiger partial charge in [-0.3, -0.25) is 4.79 Å². The first-order valence-corrected chi connectivity index (χ1v) is 13.3. The Morgan fingerprint density at radius 1 is 1.18 bits per heavy atom. The summed E-state index contributed by atoms with van der Waals surface area (Å²) in [6.07, 6.45) is 0. The maximum atomic E-state index is 12.6. The van der Waals surface area contributed by atoms with Crippen molar-refractivity contribution in [1.29, 1.82) is 0 Å². The third kappa shape index (κ3) is 5.08. The van der Waals surface area contributed by atoms with Crippen molar-refractivity contribution in [3.05, 3.63) is 57.1 Å². The normalized spacial score (nSPS) is 10.9. The highest BCUT2D eigenvalue weighted by Gasteiger charge is 2.21. The molecule has 0 radical (unpaired) electrons. The number of carbonyl (C=O) groups excluding carboxylic acids is 2. The fourth-order valence-electron chi connectivity index (χ4n) is 3.52. The van der Waals surface area contributed by atoms with Gasteiger partial charge in [-0.25, -0.2) is 4.79 Å². The van der Waals surface area contributed by atoms with E-state index in [4.69, 9.17) is 4.74 Å². The predicted octanol–water partition coefficient (Wildman–Crippen LogP) is 5.80. The number of esters is 1. The van der Waals surface area contributed by atoms with Gasteiger partial charge in [-0.2, -0.15) is 0 Å². The number of nitrogens with one attached hydrogen (secondary N) is 1. The van der Waals surface area contributed by atoms with Gasteiger partial charge in [-0.15, -0.1) is 32.9 Å². The molecule has 1 aromatic carbocycles. The van der Waals surface area contributed by atoms with Gasteiger partial charge in [0.2, 0.25) is 5.91 Å². The third-order valence-electron chi connectivity index (χ3n) is 5.05. The molecule has 3 aromatic heterocycles. The molecule has 3 heterocycles. The van der Waals surface area contributed by atoms with E-state index in [1.165, 1.54) is 28.0 Å². The summed E-state index contributed by atoms with van der Waals surface area (Å²) in [4.78, 5) is 26.9. The van der Waals surface area contributed by atoms with Crippen molar-refractivity contribution in [2.75, 3.05) is 17.7 Å². The molecule has 4 aromatic rings. The van der Waals surface area contributed by atoms with Crippen LogP contribution in [-0.2, 0) is 16.6 Å². The molecular formula is C24H24N4O3S3. The van der Waals surface area contributed by atoms with Crippen LogP contribution in [0.25, 0.3) is 22.5 Å². The standard InChI is InChI=1S/C24H24N4O3S3/c1-5-31-23(30)17-11-14(2)34-22(17)25-19(29)13-33-24-27-26-21(28(24)4)18-12-32-15(3)20(18)16-9-7-6-8-10-16/h6-12H,5,13H2,1-4H3,(H,25,29). The molecule has 1 amide bonds. The van der Waals surface area contributed by atoms with Gasteiger partial charge < -0.3 is 14.6 Å². The number of hydrogen-bond donors (Lipinski definition) is 1. The minimum Gasteiger partial charge on any atom is -0.462 e. The highest BCUT2D eigenvalue weighted by Crippen LogP contribution is 2.38. The zero-order chi connectivity index (χ0) is 24.2. The maximum Gasteiger partial charge on any atom is 0.341 e. The van der Waals surface area contributed by atoms with E-state index in [0.717, 1.165) is 27.4 Å². The smallest absolute Gasteiger partial charge is 0.341 e. The van der Waals surface area contributed by atoms with Crippen molar-refractivity contribution in [2.45, 2.75) is 25.9 Å². The molecule has 4 rings (SSSR count). The van der Waals surface area contributed by atoms with E-state index in [0.29, 0.717) is 15.7 Å². The summed E-state index contributed by atoms with van der Waals surface area (Å²) in [6.45, 7) is 6.01. The second kappa shape index (κ2) is 10.5. The highest BCUT2D eigenvalue weighted by atomic mass is 32.2. The number of thiophene rings is 2. The fourth-order valence-corrected chi connectivity index (χ4v) is 6.01. The lowest BCUT2D eigenvalue weighted by atomic mass is 10.0. The van der Waals surface area contributed by atoms with E-state index in [2.05, 4.69) is 40.0 Å². The van der Waals surface area contributed by atoms with Gasteiger partial charge in [-0.05, 0) is 32.4 Å². The number of hydrogen-bond acceptors (Lipinski definition) is 8. The fraction of sp³-hybridized carbons (Fsp3) is 0.250. The molecule has 0 unspecified atom stereocenters. The van der Waals surface area contributed by atoms with Crippen molar-refractivity contribution in [1.82, 2.24) is 14.8 Å². The summed E-state index contributed by atoms with van der Waals surface area (Å²) < 4.78 is 7.00. The maximum absolute atomic E-state index is 12.6. The topological polar surface area (TPSA) is 86.1 Å². The number of anilines is 1. The molecule has 176 valence electrons. The van der Waals surface area contributed by atoms with Gasteiger partial charge in [0.25, 0.3) is 0 Å². The van der Waals surface area contributed by atoms with Crippen molar-refractivity contribution in [2.24, 2.45) is 7.05 Å². The lowest BCUT2D eigenvalue weighted by Crippen LogP contribution is -2.16. The van der Waals surface area contributed by atoms with E-state index in [1.54, 1.807) is 24.3 Å². The van der Waals surface area contributed by atoms with Crippen LogP contribution in [0.5, 0.6) is 0 Å². The Kier molecular flexibility index (Phi) is 7.50. The molecule has 0 bridgehead atoms. The number of thioether (sulfide) groups is 1. The molecule has 0 saturated carbocycles. The van der Waals surface area contributed by atoms with Crippen molar-refractivity contribution < 1.29 is 14.3 Å². The molecule has 0 spiro atoms. The first-order valence-electron chi connectivity index (χ1n) is 10.6. The number of rotatable bonds is 8. The van der Waals surface area contributed by atoms with Crippen LogP contribution in [0.4, 0.5) is 5.00 Å². The summed E-state index contributed by atoms with van der Waals surface area (Å²) in [6, 6.07) is 12.0. The van der Waals surface area contributed by atoms with E-state index in [-0.39, 0.29) is 18.3 Å². The number of ether oxygens (including phenoxy) is 1. The minimum atomic E-state index is -0.437. The summed E-state index contributed by atoms with van der Waals surface area (Å²) in [5.74, 6) is 0.232. The number of benzene rings is 1. The number of carbonyl (C=O) groups is 2. The minimum absolute atomic E-state index is 0.138. The molecule has 1 N–H and O–H groups in total. The Hall–Kier alpha value is -2.95. The van der Waals surface area contributed by atoms with Crippen molar-refractivity contribution in [3.63, 3.8) is 0 Å². The molecule has 34 heavy (non-hydrogen) atoms. The predicted molar refractivity (Wildman–Crippen MR) is 139 cm³/mol. The molecule has 0 aliphatic carbocycles. The third-order valence-corrected chi connectivity index (χ3v) is 7.95. The Balaban J connectivity index is 1.48. The Bertz CT molecular complexity index is 1320. The average molecular weight is 513 g/mol. The van der Waals surface area contributed by atoms with Crippen molar-refractivity contribution in [3.8, 4) is 22.5 Å². The Morgan fingerprint density at radius 2 is 1.94 bits per heavy atom. The number of aromatic nitrogens is 3. The average Bonchev–Trinajstić information content (AvgIpc) is 3.49. The summed E-state index contributed by atoms with van der Waals surface area (Å²) in [5, 5.41) is 14.8. The van der Waals surface area contributed by atoms with Crippen LogP contribution in [0.3, 0.4) is 0 Å². The Morgan fingerprint density at radius 3 is 2.68 bits per heavy atom. The SMILES string of the molecule is CCOC(=O)c1cc(C)sc1NC(=O)CSc1nnc(-c2csc(C)c2-c2ccccc2)n1C. The van der Waals surface area contributed by atoms with Crippen LogP contribution in [0.2, 0.25) is 0 Å². The molecule has 0 atom stereocenters. The van der Waals surface area contributed by atoms with Crippen LogP contribution in [-0.4, -0.2) is 39.0 Å². The molecule has 0 saturated heterocycles. The van der Waals surface area contributed by atoms with Crippen LogP contribution in [0.15, 0.2) is 46.9 Å². The summed E-state index contributed by atoms with van der Waals surface area (Å²) in [7, 11) is 1.90. The van der Waals surface area contributed by atoms with E-state index >= 15 is 0 Å². The van der Waals surface area contributed by atoms with E-state index < -0.39 is 5.97 Å². The number of nitrogens with zero attached hydrogens (tertiary/aromatic N) is 3. The monoisotopic (exact) mass is 512 g/mol. The van der Waals surface area contributed by atoms with Gasteiger partial charge in [0.05, 0.1) is 17.9 Å². The van der Waals surface area contributed by atoms with Crippen LogP contribution in [0.1, 0.15) is 27.0 Å². The van der Waals surface area contributed by atoms with E-state index in [9.17, 15) is 9.59 Å². The zero-order valence-corrected chi connectivity index (χ0v) is 21.7. The van der Waals surface area contributed by atoms with Gasteiger partial charge in [-0.1, -0.05) is 42.1 Å². The first kappa shape index (κ1) is 24.2. The van der Waals surface area contributed by atoms with Gasteiger partial charge in [0.15, 0.2) is 11.0 Å². The van der Waals surface area contributed by atoms with Crippen LogP contribution in [0, 0.1) is 13.8 Å². The van der Waals surface area contributed by atoms with Gasteiger partial charge in [0, 0.05) is 33.3 Å². The second-order valence-corrected chi connectivity index (χ2v) is 10.8. The lowest BCUT2D eigenvalue weighted by molar-refractivity contribution is -0.113. The summed E-state index contributed by atoms with van der Waals surface area (Å²) >= 11 is 4.33. The molecule has 7 nitrogen and oxygen atoms in total.